The van der Waals surface area contributed by atoms with Gasteiger partial charge in [0.15, 0.2) is 0 Å². The molecule has 0 spiro atoms. The number of hydrogen-bond donors (Lipinski definition) is 3. The highest BCUT2D eigenvalue weighted by Gasteiger charge is 2.05. The van der Waals surface area contributed by atoms with Crippen LogP contribution in [0.2, 0.25) is 0 Å². The number of rotatable bonds is 7. The summed E-state index contributed by atoms with van der Waals surface area (Å²) in [6, 6.07) is 7.35. The highest BCUT2D eigenvalue weighted by molar-refractivity contribution is 9.10. The standard InChI is InChI=1S/C12H17BrN2O3/c1-18-8-11(16)6-14-7-12(17)15-10-4-2-3-9(13)5-10/h2-5,11,14,16H,6-8H2,1H3,(H,15,17). The number of carbonyl (C=O) groups excluding carboxylic acids is 1. The molecule has 1 aromatic rings. The van der Waals surface area contributed by atoms with Crippen LogP contribution >= 0.6 is 15.9 Å². The lowest BCUT2D eigenvalue weighted by Crippen LogP contribution is -2.35. The Labute approximate surface area is 115 Å². The normalized spacial score (nSPS) is 12.2. The number of anilines is 1. The van der Waals surface area contributed by atoms with Crippen molar-refractivity contribution in [3.8, 4) is 0 Å². The molecule has 18 heavy (non-hydrogen) atoms. The molecular formula is C12H17BrN2O3. The number of hydrogen-bond acceptors (Lipinski definition) is 4. The predicted octanol–water partition coefficient (Wildman–Crippen LogP) is 0.985. The molecule has 1 rings (SSSR count). The Hall–Kier alpha value is -0.950. The van der Waals surface area contributed by atoms with E-state index in [1.807, 2.05) is 24.3 Å². The monoisotopic (exact) mass is 316 g/mol. The Bertz CT molecular complexity index is 387. The molecule has 0 saturated carbocycles. The Morgan fingerprint density at radius 3 is 3.00 bits per heavy atom. The zero-order valence-electron chi connectivity index (χ0n) is 10.1. The van der Waals surface area contributed by atoms with Gasteiger partial charge in [-0.05, 0) is 18.2 Å². The Morgan fingerprint density at radius 2 is 2.33 bits per heavy atom. The Morgan fingerprint density at radius 1 is 1.56 bits per heavy atom. The topological polar surface area (TPSA) is 70.6 Å². The quantitative estimate of drug-likeness (QED) is 0.701. The van der Waals surface area contributed by atoms with Crippen molar-refractivity contribution in [2.75, 3.05) is 32.1 Å². The van der Waals surface area contributed by atoms with E-state index in [2.05, 4.69) is 26.6 Å². The van der Waals surface area contributed by atoms with Crippen LogP contribution in [0.1, 0.15) is 0 Å². The molecule has 1 unspecified atom stereocenters. The van der Waals surface area contributed by atoms with Gasteiger partial charge in [-0.3, -0.25) is 4.79 Å². The number of benzene rings is 1. The first kappa shape index (κ1) is 15.1. The first-order valence-corrected chi connectivity index (χ1v) is 6.34. The molecule has 0 bridgehead atoms. The summed E-state index contributed by atoms with van der Waals surface area (Å²) in [6.07, 6.45) is -0.603. The number of nitrogens with one attached hydrogen (secondary N) is 2. The van der Waals surface area contributed by atoms with Crippen molar-refractivity contribution in [2.45, 2.75) is 6.10 Å². The lowest BCUT2D eigenvalue weighted by Gasteiger charge is -2.10. The number of methoxy groups -OCH3 is 1. The van der Waals surface area contributed by atoms with E-state index in [1.54, 1.807) is 0 Å². The number of ether oxygens (including phenoxy) is 1. The minimum absolute atomic E-state index is 0.146. The molecule has 1 aromatic carbocycles. The van der Waals surface area contributed by atoms with E-state index in [-0.39, 0.29) is 19.1 Å². The fraction of sp³-hybridized carbons (Fsp3) is 0.417. The fourth-order valence-corrected chi connectivity index (χ4v) is 1.77. The van der Waals surface area contributed by atoms with Gasteiger partial charge in [0.25, 0.3) is 0 Å². The summed E-state index contributed by atoms with van der Waals surface area (Å²) in [5.41, 5.74) is 0.730. The predicted molar refractivity (Wildman–Crippen MR) is 73.5 cm³/mol. The van der Waals surface area contributed by atoms with Crippen molar-refractivity contribution in [3.63, 3.8) is 0 Å². The molecule has 0 aliphatic rings. The number of aliphatic hydroxyl groups excluding tert-OH is 1. The molecule has 100 valence electrons. The van der Waals surface area contributed by atoms with Crippen LogP contribution in [-0.2, 0) is 9.53 Å². The average molecular weight is 317 g/mol. The van der Waals surface area contributed by atoms with E-state index in [4.69, 9.17) is 4.74 Å². The third-order valence-electron chi connectivity index (χ3n) is 2.13. The summed E-state index contributed by atoms with van der Waals surface area (Å²) in [4.78, 5) is 11.6. The first-order chi connectivity index (χ1) is 8.61. The average Bonchev–Trinajstić information content (AvgIpc) is 2.29. The van der Waals surface area contributed by atoms with Crippen molar-refractivity contribution >= 4 is 27.5 Å². The number of carbonyl (C=O) groups is 1. The second-order valence-corrected chi connectivity index (χ2v) is 4.71. The van der Waals surface area contributed by atoms with Gasteiger partial charge in [0.1, 0.15) is 0 Å². The van der Waals surface area contributed by atoms with Crippen molar-refractivity contribution in [3.05, 3.63) is 28.7 Å². The maximum Gasteiger partial charge on any atom is 0.238 e. The first-order valence-electron chi connectivity index (χ1n) is 5.55. The highest BCUT2D eigenvalue weighted by atomic mass is 79.9. The molecule has 0 radical (unpaired) electrons. The van der Waals surface area contributed by atoms with E-state index in [1.165, 1.54) is 7.11 Å². The Balaban J connectivity index is 2.25. The molecular weight excluding hydrogens is 300 g/mol. The Kier molecular flexibility index (Phi) is 6.89. The van der Waals surface area contributed by atoms with Gasteiger partial charge in [-0.1, -0.05) is 22.0 Å². The third-order valence-corrected chi connectivity index (χ3v) is 2.63. The summed E-state index contributed by atoms with van der Waals surface area (Å²) in [6.45, 7) is 0.716. The molecule has 1 amide bonds. The van der Waals surface area contributed by atoms with Gasteiger partial charge in [0.05, 0.1) is 19.3 Å². The van der Waals surface area contributed by atoms with Crippen LogP contribution in [0.5, 0.6) is 0 Å². The zero-order chi connectivity index (χ0) is 13.4. The smallest absolute Gasteiger partial charge is 0.238 e. The minimum atomic E-state index is -0.603. The van der Waals surface area contributed by atoms with Crippen LogP contribution in [0.25, 0.3) is 0 Å². The number of amides is 1. The van der Waals surface area contributed by atoms with Crippen LogP contribution in [0.15, 0.2) is 28.7 Å². The molecule has 0 fully saturated rings. The van der Waals surface area contributed by atoms with Crippen molar-refractivity contribution < 1.29 is 14.6 Å². The molecule has 6 heteroatoms. The highest BCUT2D eigenvalue weighted by Crippen LogP contribution is 2.15. The summed E-state index contributed by atoms with van der Waals surface area (Å²) >= 11 is 3.33. The molecule has 0 saturated heterocycles. The van der Waals surface area contributed by atoms with Crippen LogP contribution in [0, 0.1) is 0 Å². The van der Waals surface area contributed by atoms with E-state index in [9.17, 15) is 9.90 Å². The van der Waals surface area contributed by atoms with Crippen LogP contribution in [-0.4, -0.2) is 43.9 Å². The van der Waals surface area contributed by atoms with E-state index < -0.39 is 6.10 Å². The van der Waals surface area contributed by atoms with E-state index in [0.29, 0.717) is 6.54 Å². The molecule has 0 heterocycles. The lowest BCUT2D eigenvalue weighted by molar-refractivity contribution is -0.115. The van der Waals surface area contributed by atoms with Gasteiger partial charge in [0.2, 0.25) is 5.91 Å². The summed E-state index contributed by atoms with van der Waals surface area (Å²) < 4.78 is 5.68. The summed E-state index contributed by atoms with van der Waals surface area (Å²) in [5, 5.41) is 15.0. The van der Waals surface area contributed by atoms with Gasteiger partial charge in [-0.15, -0.1) is 0 Å². The SMILES string of the molecule is COCC(O)CNCC(=O)Nc1cccc(Br)c1. The molecule has 0 aromatic heterocycles. The zero-order valence-corrected chi connectivity index (χ0v) is 11.7. The minimum Gasteiger partial charge on any atom is -0.389 e. The van der Waals surface area contributed by atoms with Crippen molar-refractivity contribution in [1.82, 2.24) is 5.32 Å². The van der Waals surface area contributed by atoms with E-state index in [0.717, 1.165) is 10.2 Å². The summed E-state index contributed by atoms with van der Waals surface area (Å²) in [7, 11) is 1.52. The second-order valence-electron chi connectivity index (χ2n) is 3.80. The van der Waals surface area contributed by atoms with Gasteiger partial charge >= 0.3 is 0 Å². The number of aliphatic hydroxyl groups is 1. The van der Waals surface area contributed by atoms with Crippen LogP contribution in [0.4, 0.5) is 5.69 Å². The maximum atomic E-state index is 11.6. The molecule has 0 aliphatic heterocycles. The third kappa shape index (κ3) is 6.11. The van der Waals surface area contributed by atoms with Crippen LogP contribution in [0.3, 0.4) is 0 Å². The maximum absolute atomic E-state index is 11.6. The van der Waals surface area contributed by atoms with E-state index >= 15 is 0 Å². The molecule has 1 atom stereocenters. The fourth-order valence-electron chi connectivity index (χ4n) is 1.38. The van der Waals surface area contributed by atoms with Crippen LogP contribution < -0.4 is 10.6 Å². The van der Waals surface area contributed by atoms with Gasteiger partial charge in [-0.25, -0.2) is 0 Å². The summed E-state index contributed by atoms with van der Waals surface area (Å²) in [5.74, 6) is -0.155. The number of halogens is 1. The second kappa shape index (κ2) is 8.20. The van der Waals surface area contributed by atoms with Crippen molar-refractivity contribution in [1.29, 1.82) is 0 Å². The van der Waals surface area contributed by atoms with Gasteiger partial charge < -0.3 is 20.5 Å². The largest absolute Gasteiger partial charge is 0.389 e. The van der Waals surface area contributed by atoms with Gasteiger partial charge in [-0.2, -0.15) is 0 Å². The molecule has 5 nitrogen and oxygen atoms in total. The van der Waals surface area contributed by atoms with Gasteiger partial charge in [0, 0.05) is 23.8 Å². The molecule has 3 N–H and O–H groups in total. The lowest BCUT2D eigenvalue weighted by atomic mass is 10.3. The molecule has 0 aliphatic carbocycles. The van der Waals surface area contributed by atoms with Crippen molar-refractivity contribution in [2.24, 2.45) is 0 Å².